The lowest BCUT2D eigenvalue weighted by molar-refractivity contribution is -0.115. The second-order valence-corrected chi connectivity index (χ2v) is 9.94. The number of esters is 1. The second kappa shape index (κ2) is 11.6. The third-order valence-corrected chi connectivity index (χ3v) is 7.35. The topological polar surface area (TPSA) is 108 Å². The van der Waals surface area contributed by atoms with Crippen molar-refractivity contribution in [3.8, 4) is 5.75 Å². The molecule has 0 bridgehead atoms. The van der Waals surface area contributed by atoms with Crippen LogP contribution in [0.1, 0.15) is 42.3 Å². The molecule has 2 aromatic carbocycles. The number of ether oxygens (including phenoxy) is 2. The van der Waals surface area contributed by atoms with Gasteiger partial charge in [0.15, 0.2) is 0 Å². The van der Waals surface area contributed by atoms with E-state index >= 15 is 0 Å². The molecule has 0 aliphatic carbocycles. The lowest BCUT2D eigenvalue weighted by Gasteiger charge is -2.27. The molecule has 0 saturated heterocycles. The number of carboxylic acid groups (broad SMARTS) is 1. The number of carbonyl (C=O) groups excluding carboxylic acids is 2. The molecule has 0 radical (unpaired) electrons. The number of anilines is 2. The van der Waals surface area contributed by atoms with Crippen LogP contribution in [0.4, 0.5) is 15.8 Å². The Balaban J connectivity index is 1.57. The number of nitrogens with one attached hydrogen (secondary N) is 1. The van der Waals surface area contributed by atoms with E-state index in [1.807, 2.05) is 31.3 Å². The third kappa shape index (κ3) is 5.88. The van der Waals surface area contributed by atoms with Gasteiger partial charge in [-0.1, -0.05) is 18.2 Å². The molecule has 2 N–H and O–H groups in total. The fourth-order valence-corrected chi connectivity index (χ4v) is 5.37. The summed E-state index contributed by atoms with van der Waals surface area (Å²) < 4.78 is 25.0. The van der Waals surface area contributed by atoms with Gasteiger partial charge in [-0.2, -0.15) is 0 Å². The normalized spacial score (nSPS) is 12.1. The highest BCUT2D eigenvalue weighted by Gasteiger charge is 2.26. The second-order valence-electron chi connectivity index (χ2n) is 9.06. The zero-order valence-electron chi connectivity index (χ0n) is 21.9. The van der Waals surface area contributed by atoms with E-state index in [2.05, 4.69) is 33.2 Å². The van der Waals surface area contributed by atoms with Crippen molar-refractivity contribution >= 4 is 46.6 Å². The lowest BCUT2D eigenvalue weighted by atomic mass is 9.97. The highest BCUT2D eigenvalue weighted by Crippen LogP contribution is 2.34. The highest BCUT2D eigenvalue weighted by molar-refractivity contribution is 7.13. The van der Waals surface area contributed by atoms with Gasteiger partial charge < -0.3 is 29.7 Å². The summed E-state index contributed by atoms with van der Waals surface area (Å²) in [6.07, 6.45) is 3.73. The van der Waals surface area contributed by atoms with Gasteiger partial charge in [0.05, 0.1) is 32.0 Å². The smallest absolute Gasteiger partial charge is 0.349 e. The molecule has 3 aromatic rings. The van der Waals surface area contributed by atoms with Crippen molar-refractivity contribution in [2.24, 2.45) is 0 Å². The Morgan fingerprint density at radius 1 is 1.21 bits per heavy atom. The summed E-state index contributed by atoms with van der Waals surface area (Å²) in [6.45, 7) is 1.28. The monoisotopic (exact) mass is 553 g/mol. The quantitative estimate of drug-likeness (QED) is 0.370. The first kappa shape index (κ1) is 27.6. The molecule has 204 valence electrons. The van der Waals surface area contributed by atoms with Crippen molar-refractivity contribution in [2.45, 2.75) is 19.5 Å². The minimum absolute atomic E-state index is 0.0583. The van der Waals surface area contributed by atoms with Gasteiger partial charge in [-0.15, -0.1) is 11.3 Å². The van der Waals surface area contributed by atoms with Crippen LogP contribution < -0.4 is 15.0 Å². The molecule has 1 aliphatic heterocycles. The summed E-state index contributed by atoms with van der Waals surface area (Å²) in [4.78, 5) is 40.3. The Labute approximate surface area is 229 Å². The van der Waals surface area contributed by atoms with Crippen LogP contribution in [0.25, 0.3) is 6.08 Å². The first-order valence-electron chi connectivity index (χ1n) is 11.9. The molecule has 9 nitrogen and oxygen atoms in total. The minimum atomic E-state index is -1.39. The number of fused-ring (bicyclic) bond motifs is 1. The van der Waals surface area contributed by atoms with E-state index in [0.717, 1.165) is 36.1 Å². The number of benzene rings is 2. The zero-order valence-corrected chi connectivity index (χ0v) is 22.7. The summed E-state index contributed by atoms with van der Waals surface area (Å²) >= 11 is 0.836. The van der Waals surface area contributed by atoms with Gasteiger partial charge in [-0.05, 0) is 40.6 Å². The fourth-order valence-electron chi connectivity index (χ4n) is 4.46. The van der Waals surface area contributed by atoms with E-state index in [9.17, 15) is 23.9 Å². The maximum absolute atomic E-state index is 15.0. The Morgan fingerprint density at radius 2 is 1.97 bits per heavy atom. The van der Waals surface area contributed by atoms with Crippen LogP contribution in [0, 0.1) is 5.82 Å². The number of hydrogen-bond donors (Lipinski definition) is 2. The predicted octanol–water partition coefficient (Wildman–Crippen LogP) is 4.61. The van der Waals surface area contributed by atoms with Crippen molar-refractivity contribution in [3.05, 3.63) is 80.4 Å². The SMILES string of the molecule is COC(=O)c1scc(NC(=O)Cc2cc(N(C)Cc3cccc4c3CN(C)C=C4)c(OC)cc2F)c1C(=O)O. The molecule has 2 heterocycles. The van der Waals surface area contributed by atoms with Gasteiger partial charge in [0.1, 0.15) is 22.0 Å². The maximum Gasteiger partial charge on any atom is 0.349 e. The molecule has 11 heteroatoms. The number of amides is 1. The fraction of sp³-hybridized carbons (Fsp3) is 0.250. The third-order valence-electron chi connectivity index (χ3n) is 6.39. The van der Waals surface area contributed by atoms with Crippen LogP contribution >= 0.6 is 11.3 Å². The molecule has 1 amide bonds. The van der Waals surface area contributed by atoms with Gasteiger partial charge in [-0.25, -0.2) is 14.0 Å². The average Bonchev–Trinajstić information content (AvgIpc) is 3.33. The van der Waals surface area contributed by atoms with Gasteiger partial charge in [-0.3, -0.25) is 4.79 Å². The summed E-state index contributed by atoms with van der Waals surface area (Å²) in [5.74, 6) is -3.18. The van der Waals surface area contributed by atoms with Crippen molar-refractivity contribution in [3.63, 3.8) is 0 Å². The summed E-state index contributed by atoms with van der Waals surface area (Å²) in [5, 5.41) is 13.4. The standard InChI is InChI=1S/C28H28FN3O6S/c1-31-9-8-16-6-5-7-17(19(16)14-31)13-32(2)22-10-18(20(29)12-23(22)37-3)11-24(33)30-21-15-39-26(28(36)38-4)25(21)27(34)35/h5-10,12,15H,11,13-14H2,1-4H3,(H,30,33)(H,34,35). The van der Waals surface area contributed by atoms with E-state index < -0.39 is 23.7 Å². The Kier molecular flexibility index (Phi) is 8.20. The van der Waals surface area contributed by atoms with Crippen LogP contribution in [0.15, 0.2) is 41.9 Å². The largest absolute Gasteiger partial charge is 0.494 e. The van der Waals surface area contributed by atoms with Crippen LogP contribution in [-0.2, 0) is 29.0 Å². The highest BCUT2D eigenvalue weighted by atomic mass is 32.1. The number of carboxylic acids is 1. The van der Waals surface area contributed by atoms with E-state index in [4.69, 9.17) is 4.74 Å². The number of aromatic carboxylic acids is 1. The number of rotatable bonds is 9. The van der Waals surface area contributed by atoms with E-state index in [1.54, 1.807) is 6.07 Å². The van der Waals surface area contributed by atoms with Gasteiger partial charge in [0.2, 0.25) is 5.91 Å². The van der Waals surface area contributed by atoms with Crippen LogP contribution in [-0.4, -0.2) is 56.2 Å². The molecule has 1 aliphatic rings. The first-order chi connectivity index (χ1) is 18.6. The van der Waals surface area contributed by atoms with Crippen LogP contribution in [0.3, 0.4) is 0 Å². The van der Waals surface area contributed by atoms with Gasteiger partial charge in [0.25, 0.3) is 0 Å². The van der Waals surface area contributed by atoms with Gasteiger partial charge in [0, 0.05) is 38.6 Å². The molecule has 0 saturated carbocycles. The number of methoxy groups -OCH3 is 2. The number of halogens is 1. The predicted molar refractivity (Wildman–Crippen MR) is 147 cm³/mol. The van der Waals surface area contributed by atoms with E-state index in [0.29, 0.717) is 18.0 Å². The molecule has 0 fully saturated rings. The molecule has 0 spiro atoms. The summed E-state index contributed by atoms with van der Waals surface area (Å²) in [7, 11) is 6.45. The molecule has 39 heavy (non-hydrogen) atoms. The lowest BCUT2D eigenvalue weighted by Crippen LogP contribution is -2.22. The molecule has 1 aromatic heterocycles. The summed E-state index contributed by atoms with van der Waals surface area (Å²) in [6, 6.07) is 8.90. The van der Waals surface area contributed by atoms with Crippen molar-refractivity contribution in [2.75, 3.05) is 38.5 Å². The summed E-state index contributed by atoms with van der Waals surface area (Å²) in [5.41, 5.74) is 3.72. The molecule has 4 rings (SSSR count). The zero-order chi connectivity index (χ0) is 28.3. The number of nitrogens with zero attached hydrogens (tertiary/aromatic N) is 2. The Morgan fingerprint density at radius 3 is 2.67 bits per heavy atom. The minimum Gasteiger partial charge on any atom is -0.494 e. The van der Waals surface area contributed by atoms with Crippen molar-refractivity contribution in [1.29, 1.82) is 0 Å². The van der Waals surface area contributed by atoms with Crippen LogP contribution in [0.5, 0.6) is 5.75 Å². The molecular weight excluding hydrogens is 525 g/mol. The Hall–Kier alpha value is -4.38. The maximum atomic E-state index is 15.0. The van der Waals surface area contributed by atoms with E-state index in [1.165, 1.54) is 24.1 Å². The van der Waals surface area contributed by atoms with Crippen LogP contribution in [0.2, 0.25) is 0 Å². The first-order valence-corrected chi connectivity index (χ1v) is 12.8. The average molecular weight is 554 g/mol. The molecule has 0 atom stereocenters. The Bertz CT molecular complexity index is 1470. The van der Waals surface area contributed by atoms with Gasteiger partial charge >= 0.3 is 11.9 Å². The number of carbonyl (C=O) groups is 3. The molecular formula is C28H28FN3O6S. The van der Waals surface area contributed by atoms with E-state index in [-0.39, 0.29) is 28.1 Å². The molecule has 0 unspecified atom stereocenters. The number of thiophene rings is 1. The van der Waals surface area contributed by atoms with Crippen molar-refractivity contribution in [1.82, 2.24) is 4.90 Å². The van der Waals surface area contributed by atoms with Crippen molar-refractivity contribution < 1.29 is 33.4 Å². The number of hydrogen-bond acceptors (Lipinski definition) is 8.